The van der Waals surface area contributed by atoms with Crippen molar-refractivity contribution in [2.45, 2.75) is 42.3 Å². The molecule has 1 aliphatic rings. The number of rotatable bonds is 10. The summed E-state index contributed by atoms with van der Waals surface area (Å²) in [6.07, 6.45) is 10.4. The van der Waals surface area contributed by atoms with E-state index in [4.69, 9.17) is 0 Å². The molecule has 3 heterocycles. The number of aryl methyl sites for hydroxylation is 1. The fraction of sp³-hybridized carbons (Fsp3) is 0.297. The number of alkyl halides is 1. The van der Waals surface area contributed by atoms with Gasteiger partial charge in [-0.2, -0.15) is 0 Å². The molecule has 0 N–H and O–H groups in total. The SMILES string of the molecule is Cc1ccc(C=CC(=O)N(Cc2ccc(-c3ccncc3)cc2)C(C(=O)N2CCC(N(C)C)CC2)C(I)c2ccccc2)nc1. The van der Waals surface area contributed by atoms with Gasteiger partial charge in [-0.3, -0.25) is 19.6 Å². The Labute approximate surface area is 280 Å². The van der Waals surface area contributed by atoms with Crippen molar-refractivity contribution in [3.8, 4) is 11.1 Å². The monoisotopic (exact) mass is 713 g/mol. The quantitative estimate of drug-likeness (QED) is 0.105. The van der Waals surface area contributed by atoms with Crippen LogP contribution in [0.5, 0.6) is 0 Å². The summed E-state index contributed by atoms with van der Waals surface area (Å²) in [5.41, 5.74) is 5.84. The van der Waals surface area contributed by atoms with E-state index in [1.165, 1.54) is 0 Å². The van der Waals surface area contributed by atoms with Crippen LogP contribution >= 0.6 is 22.6 Å². The topological polar surface area (TPSA) is 69.6 Å². The van der Waals surface area contributed by atoms with Crippen LogP contribution in [0.2, 0.25) is 0 Å². The Morgan fingerprint density at radius 2 is 1.60 bits per heavy atom. The zero-order chi connectivity index (χ0) is 31.8. The molecule has 8 heteroatoms. The number of carbonyl (C=O) groups is 2. The Morgan fingerprint density at radius 3 is 2.22 bits per heavy atom. The maximum atomic E-state index is 14.5. The third-order valence-electron chi connectivity index (χ3n) is 8.42. The number of benzene rings is 2. The van der Waals surface area contributed by atoms with Crippen molar-refractivity contribution >= 4 is 40.5 Å². The minimum Gasteiger partial charge on any atom is -0.341 e. The molecule has 0 radical (unpaired) electrons. The van der Waals surface area contributed by atoms with Crippen LogP contribution in [0, 0.1) is 6.92 Å². The van der Waals surface area contributed by atoms with E-state index in [0.717, 1.165) is 40.7 Å². The minimum atomic E-state index is -0.702. The first-order valence-electron chi connectivity index (χ1n) is 15.3. The number of aromatic nitrogens is 2. The van der Waals surface area contributed by atoms with Gasteiger partial charge < -0.3 is 14.7 Å². The summed E-state index contributed by atoms with van der Waals surface area (Å²) < 4.78 is -0.256. The van der Waals surface area contributed by atoms with Gasteiger partial charge in [-0.25, -0.2) is 0 Å². The summed E-state index contributed by atoms with van der Waals surface area (Å²) >= 11 is 2.35. The highest BCUT2D eigenvalue weighted by atomic mass is 127. The highest BCUT2D eigenvalue weighted by molar-refractivity contribution is 14.1. The molecule has 2 aromatic heterocycles. The summed E-state index contributed by atoms with van der Waals surface area (Å²) in [7, 11) is 4.19. The summed E-state index contributed by atoms with van der Waals surface area (Å²) in [4.78, 5) is 43.3. The molecule has 232 valence electrons. The molecule has 0 bridgehead atoms. The second-order valence-electron chi connectivity index (χ2n) is 11.8. The lowest BCUT2D eigenvalue weighted by Crippen LogP contribution is -2.54. The molecule has 4 aromatic rings. The van der Waals surface area contributed by atoms with Gasteiger partial charge in [0.1, 0.15) is 6.04 Å². The third kappa shape index (κ3) is 8.43. The average Bonchev–Trinajstić information content (AvgIpc) is 3.08. The third-order valence-corrected chi connectivity index (χ3v) is 9.83. The molecule has 0 spiro atoms. The van der Waals surface area contributed by atoms with Crippen LogP contribution in [0.1, 0.15) is 39.2 Å². The smallest absolute Gasteiger partial charge is 0.247 e. The van der Waals surface area contributed by atoms with Crippen LogP contribution in [-0.2, 0) is 16.1 Å². The largest absolute Gasteiger partial charge is 0.341 e. The molecular weight excluding hydrogens is 673 g/mol. The van der Waals surface area contributed by atoms with Crippen LogP contribution in [0.25, 0.3) is 17.2 Å². The number of halogens is 1. The van der Waals surface area contributed by atoms with Gasteiger partial charge in [-0.15, -0.1) is 0 Å². The number of likely N-dealkylation sites (tertiary alicyclic amines) is 1. The van der Waals surface area contributed by atoms with Gasteiger partial charge in [-0.05, 0) is 86.0 Å². The molecule has 5 rings (SSSR count). The normalized spacial score (nSPS) is 15.3. The van der Waals surface area contributed by atoms with Gasteiger partial charge in [0.15, 0.2) is 0 Å². The van der Waals surface area contributed by atoms with Gasteiger partial charge in [0.05, 0.1) is 9.62 Å². The summed E-state index contributed by atoms with van der Waals surface area (Å²) in [5, 5.41) is 0. The second-order valence-corrected chi connectivity index (χ2v) is 13.1. The van der Waals surface area contributed by atoms with Crippen LogP contribution < -0.4 is 0 Å². The highest BCUT2D eigenvalue weighted by Gasteiger charge is 2.39. The lowest BCUT2D eigenvalue weighted by atomic mass is 9.98. The highest BCUT2D eigenvalue weighted by Crippen LogP contribution is 2.34. The van der Waals surface area contributed by atoms with Crippen LogP contribution in [0.3, 0.4) is 0 Å². The molecule has 1 saturated heterocycles. The van der Waals surface area contributed by atoms with Gasteiger partial charge in [0, 0.05) is 50.3 Å². The predicted octanol–water partition coefficient (Wildman–Crippen LogP) is 6.59. The lowest BCUT2D eigenvalue weighted by Gasteiger charge is -2.40. The first-order valence-corrected chi connectivity index (χ1v) is 16.6. The molecule has 2 amide bonds. The van der Waals surface area contributed by atoms with E-state index >= 15 is 0 Å². The molecule has 2 atom stereocenters. The van der Waals surface area contributed by atoms with E-state index in [1.54, 1.807) is 35.6 Å². The van der Waals surface area contributed by atoms with Crippen molar-refractivity contribution in [2.24, 2.45) is 0 Å². The molecule has 45 heavy (non-hydrogen) atoms. The number of nitrogens with zero attached hydrogens (tertiary/aromatic N) is 5. The number of piperidine rings is 1. The van der Waals surface area contributed by atoms with Crippen molar-refractivity contribution in [1.82, 2.24) is 24.7 Å². The van der Waals surface area contributed by atoms with E-state index < -0.39 is 6.04 Å². The Hall–Kier alpha value is -3.89. The molecule has 0 saturated carbocycles. The number of amides is 2. The second kappa shape index (κ2) is 15.4. The Balaban J connectivity index is 1.50. The number of hydrogen-bond acceptors (Lipinski definition) is 5. The number of carbonyl (C=O) groups excluding carboxylic acids is 2. The summed E-state index contributed by atoms with van der Waals surface area (Å²) in [6, 6.07) is 25.8. The van der Waals surface area contributed by atoms with Gasteiger partial charge in [-0.1, -0.05) is 83.3 Å². The van der Waals surface area contributed by atoms with E-state index in [0.29, 0.717) is 24.8 Å². The average molecular weight is 714 g/mol. The predicted molar refractivity (Wildman–Crippen MR) is 189 cm³/mol. The number of pyridine rings is 2. The first-order chi connectivity index (χ1) is 21.8. The molecule has 1 aliphatic heterocycles. The van der Waals surface area contributed by atoms with E-state index in [9.17, 15) is 9.59 Å². The van der Waals surface area contributed by atoms with Crippen LogP contribution in [-0.4, -0.2) is 75.8 Å². The summed E-state index contributed by atoms with van der Waals surface area (Å²) in [5.74, 6) is -0.242. The summed E-state index contributed by atoms with van der Waals surface area (Å²) in [6.45, 7) is 3.61. The van der Waals surface area contributed by atoms with Gasteiger partial charge in [0.25, 0.3) is 0 Å². The maximum absolute atomic E-state index is 14.5. The molecular formula is C37H40IN5O2. The van der Waals surface area contributed by atoms with Gasteiger partial charge >= 0.3 is 0 Å². The molecule has 7 nitrogen and oxygen atoms in total. The van der Waals surface area contributed by atoms with Gasteiger partial charge in [0.2, 0.25) is 11.8 Å². The lowest BCUT2D eigenvalue weighted by molar-refractivity contribution is -0.145. The van der Waals surface area contributed by atoms with Crippen molar-refractivity contribution in [1.29, 1.82) is 0 Å². The molecule has 2 unspecified atom stereocenters. The Kier molecular flexibility index (Phi) is 11.1. The van der Waals surface area contributed by atoms with Crippen molar-refractivity contribution in [2.75, 3.05) is 27.2 Å². The van der Waals surface area contributed by atoms with Crippen molar-refractivity contribution < 1.29 is 9.59 Å². The van der Waals surface area contributed by atoms with Crippen LogP contribution in [0.4, 0.5) is 0 Å². The first kappa shape index (κ1) is 32.5. The fourth-order valence-electron chi connectivity index (χ4n) is 5.71. The molecule has 2 aromatic carbocycles. The van der Waals surface area contributed by atoms with E-state index in [2.05, 4.69) is 63.7 Å². The Morgan fingerprint density at radius 1 is 0.933 bits per heavy atom. The Bertz CT molecular complexity index is 1570. The standard InChI is InChI=1S/C37H40IN5O2/c1-27-9-14-32(40-25-27)15-16-34(44)43(26-28-10-12-29(13-11-28)30-17-21-39-22-18-30)36(35(38)31-7-5-4-6-8-31)37(45)42-23-19-33(20-24-42)41(2)3/h4-18,21-22,25,33,35-36H,19-20,23-24,26H2,1-3H3. The van der Waals surface area contributed by atoms with Crippen LogP contribution in [0.15, 0.2) is 104 Å². The van der Waals surface area contributed by atoms with Crippen molar-refractivity contribution in [3.05, 3.63) is 126 Å². The number of hydrogen-bond donors (Lipinski definition) is 0. The van der Waals surface area contributed by atoms with E-state index in [-0.39, 0.29) is 22.3 Å². The molecule has 1 fully saturated rings. The molecule has 0 aliphatic carbocycles. The zero-order valence-corrected chi connectivity index (χ0v) is 28.2. The fourth-order valence-corrected chi connectivity index (χ4v) is 6.82. The zero-order valence-electron chi connectivity index (χ0n) is 26.1. The van der Waals surface area contributed by atoms with E-state index in [1.807, 2.05) is 78.6 Å². The van der Waals surface area contributed by atoms with Crippen molar-refractivity contribution in [3.63, 3.8) is 0 Å². The minimum absolute atomic E-state index is 0.0147. The maximum Gasteiger partial charge on any atom is 0.247 e.